The highest BCUT2D eigenvalue weighted by Gasteiger charge is 2.60. The second-order valence-electron chi connectivity index (χ2n) is 9.78. The number of amides is 4. The van der Waals surface area contributed by atoms with Crippen LogP contribution in [0.25, 0.3) is 10.9 Å². The molecule has 7 heteroatoms. The number of rotatable bonds is 3. The summed E-state index contributed by atoms with van der Waals surface area (Å²) in [6, 6.07) is 14.7. The van der Waals surface area contributed by atoms with Gasteiger partial charge in [0, 0.05) is 17.4 Å². The molecule has 4 amide bonds. The number of carbonyl (C=O) groups excluding carboxylic acids is 3. The Bertz CT molecular complexity index is 1340. The van der Waals surface area contributed by atoms with Crippen molar-refractivity contribution in [3.63, 3.8) is 0 Å². The first-order valence-electron chi connectivity index (χ1n) is 12.0. The molecule has 3 aromatic rings. The van der Waals surface area contributed by atoms with Gasteiger partial charge in [0.1, 0.15) is 6.04 Å². The van der Waals surface area contributed by atoms with Gasteiger partial charge in [0.05, 0.1) is 11.7 Å². The van der Waals surface area contributed by atoms with Crippen molar-refractivity contribution in [2.75, 3.05) is 6.54 Å². The molecule has 1 saturated heterocycles. The average molecular weight is 457 g/mol. The molecule has 6 rings (SSSR count). The van der Waals surface area contributed by atoms with Crippen LogP contribution in [0.2, 0.25) is 0 Å². The van der Waals surface area contributed by atoms with Crippen molar-refractivity contribution < 1.29 is 14.4 Å². The van der Waals surface area contributed by atoms with E-state index in [9.17, 15) is 14.4 Å². The molecule has 174 valence electrons. The molecular formula is C27H28N4O3. The third-order valence-corrected chi connectivity index (χ3v) is 7.95. The number of imide groups is 1. The zero-order valence-corrected chi connectivity index (χ0v) is 19.4. The SMILES string of the molecule is C[C@@H](C(=O)NC1CCCc2ccccc21)N1C(=O)N2CCc3c([nH]c4ccccc34)[C@@]2(C)C1=O. The second kappa shape index (κ2) is 7.45. The molecule has 1 fully saturated rings. The van der Waals surface area contributed by atoms with E-state index in [0.29, 0.717) is 13.0 Å². The maximum absolute atomic E-state index is 13.8. The molecule has 3 atom stereocenters. The third-order valence-electron chi connectivity index (χ3n) is 7.95. The van der Waals surface area contributed by atoms with Gasteiger partial charge in [-0.3, -0.25) is 9.59 Å². The molecule has 0 bridgehead atoms. The minimum Gasteiger partial charge on any atom is -0.356 e. The number of benzene rings is 2. The van der Waals surface area contributed by atoms with Crippen molar-refractivity contribution in [1.29, 1.82) is 0 Å². The summed E-state index contributed by atoms with van der Waals surface area (Å²) in [7, 11) is 0. The molecular weight excluding hydrogens is 428 g/mol. The summed E-state index contributed by atoms with van der Waals surface area (Å²) in [6.45, 7) is 3.88. The Balaban J connectivity index is 1.30. The molecule has 0 saturated carbocycles. The average Bonchev–Trinajstić information content (AvgIpc) is 3.32. The van der Waals surface area contributed by atoms with Gasteiger partial charge in [-0.1, -0.05) is 42.5 Å². The minimum absolute atomic E-state index is 0.105. The molecule has 3 heterocycles. The van der Waals surface area contributed by atoms with E-state index >= 15 is 0 Å². The number of urea groups is 1. The summed E-state index contributed by atoms with van der Waals surface area (Å²) < 4.78 is 0. The van der Waals surface area contributed by atoms with E-state index in [1.807, 2.05) is 36.4 Å². The predicted molar refractivity (Wildman–Crippen MR) is 128 cm³/mol. The van der Waals surface area contributed by atoms with Gasteiger partial charge in [0.2, 0.25) is 5.91 Å². The number of hydrogen-bond donors (Lipinski definition) is 2. The Labute approximate surface area is 198 Å². The van der Waals surface area contributed by atoms with Crippen LogP contribution in [0, 0.1) is 0 Å². The van der Waals surface area contributed by atoms with Crippen LogP contribution in [0.15, 0.2) is 48.5 Å². The minimum atomic E-state index is -1.14. The number of nitrogens with zero attached hydrogens (tertiary/aromatic N) is 2. The number of aromatic nitrogens is 1. The van der Waals surface area contributed by atoms with Gasteiger partial charge in [-0.05, 0) is 62.3 Å². The van der Waals surface area contributed by atoms with E-state index in [1.54, 1.807) is 18.7 Å². The number of aromatic amines is 1. The normalized spacial score (nSPS) is 24.6. The lowest BCUT2D eigenvalue weighted by molar-refractivity contribution is -0.139. The van der Waals surface area contributed by atoms with Crippen LogP contribution in [0.4, 0.5) is 4.79 Å². The highest BCUT2D eigenvalue weighted by atomic mass is 16.2. The fourth-order valence-electron chi connectivity index (χ4n) is 6.07. The van der Waals surface area contributed by atoms with Gasteiger partial charge in [-0.25, -0.2) is 9.69 Å². The lowest BCUT2D eigenvalue weighted by atomic mass is 9.87. The van der Waals surface area contributed by atoms with Gasteiger partial charge in [-0.2, -0.15) is 0 Å². The van der Waals surface area contributed by atoms with Crippen LogP contribution in [0.3, 0.4) is 0 Å². The molecule has 1 aliphatic carbocycles. The Morgan fingerprint density at radius 3 is 2.74 bits per heavy atom. The summed E-state index contributed by atoms with van der Waals surface area (Å²) in [6.07, 6.45) is 3.51. The van der Waals surface area contributed by atoms with Crippen molar-refractivity contribution in [3.8, 4) is 0 Å². The molecule has 0 radical (unpaired) electrons. The molecule has 7 nitrogen and oxygen atoms in total. The smallest absolute Gasteiger partial charge is 0.328 e. The van der Waals surface area contributed by atoms with E-state index in [2.05, 4.69) is 22.4 Å². The molecule has 1 unspecified atom stereocenters. The van der Waals surface area contributed by atoms with Crippen molar-refractivity contribution in [2.45, 2.75) is 57.2 Å². The van der Waals surface area contributed by atoms with E-state index in [0.717, 1.165) is 51.9 Å². The largest absolute Gasteiger partial charge is 0.356 e. The number of hydrogen-bond acceptors (Lipinski definition) is 3. The van der Waals surface area contributed by atoms with Crippen LogP contribution >= 0.6 is 0 Å². The number of fused-ring (bicyclic) bond motifs is 6. The summed E-state index contributed by atoms with van der Waals surface area (Å²) in [5.41, 5.74) is 4.02. The number of H-pyrrole nitrogens is 1. The fraction of sp³-hybridized carbons (Fsp3) is 0.370. The molecule has 0 spiro atoms. The van der Waals surface area contributed by atoms with Crippen molar-refractivity contribution in [1.82, 2.24) is 20.1 Å². The van der Waals surface area contributed by atoms with Gasteiger partial charge < -0.3 is 15.2 Å². The first-order valence-corrected chi connectivity index (χ1v) is 12.0. The van der Waals surface area contributed by atoms with Crippen molar-refractivity contribution >= 4 is 28.7 Å². The lowest BCUT2D eigenvalue weighted by Crippen LogP contribution is -2.50. The summed E-state index contributed by atoms with van der Waals surface area (Å²) in [5, 5.41) is 4.20. The highest BCUT2D eigenvalue weighted by molar-refractivity contribution is 6.11. The standard InChI is InChI=1S/C27H28N4O3/c1-16(24(32)29-21-13-7-9-17-8-3-4-10-18(17)21)31-25(33)27(2)23-20(14-15-30(27)26(31)34)19-11-5-6-12-22(19)28-23/h3-6,8,10-12,16,21,28H,7,9,13-15H2,1-2H3,(H,29,32)/t16-,21?,27-/m0/s1. The van der Waals surface area contributed by atoms with Gasteiger partial charge >= 0.3 is 6.03 Å². The summed E-state index contributed by atoms with van der Waals surface area (Å²) in [5.74, 6) is -0.652. The van der Waals surface area contributed by atoms with Gasteiger partial charge in [0.25, 0.3) is 5.91 Å². The van der Waals surface area contributed by atoms with Crippen LogP contribution < -0.4 is 5.32 Å². The third kappa shape index (κ3) is 2.79. The van der Waals surface area contributed by atoms with E-state index in [-0.39, 0.29) is 17.9 Å². The predicted octanol–water partition coefficient (Wildman–Crippen LogP) is 3.79. The Morgan fingerprint density at radius 2 is 1.88 bits per heavy atom. The molecule has 3 aliphatic rings. The van der Waals surface area contributed by atoms with Crippen LogP contribution in [0.5, 0.6) is 0 Å². The van der Waals surface area contributed by atoms with E-state index in [4.69, 9.17) is 0 Å². The number of para-hydroxylation sites is 1. The number of aryl methyl sites for hydroxylation is 1. The Kier molecular flexibility index (Phi) is 4.59. The monoisotopic (exact) mass is 456 g/mol. The van der Waals surface area contributed by atoms with Crippen LogP contribution in [-0.2, 0) is 28.0 Å². The van der Waals surface area contributed by atoms with Crippen LogP contribution in [-0.4, -0.2) is 45.2 Å². The summed E-state index contributed by atoms with van der Waals surface area (Å²) >= 11 is 0. The zero-order valence-electron chi connectivity index (χ0n) is 19.4. The van der Waals surface area contributed by atoms with Gasteiger partial charge in [0.15, 0.2) is 5.54 Å². The Hall–Kier alpha value is -3.61. The van der Waals surface area contributed by atoms with Crippen molar-refractivity contribution in [2.24, 2.45) is 0 Å². The topological polar surface area (TPSA) is 85.5 Å². The zero-order chi connectivity index (χ0) is 23.6. The molecule has 34 heavy (non-hydrogen) atoms. The maximum atomic E-state index is 13.8. The van der Waals surface area contributed by atoms with E-state index < -0.39 is 17.6 Å². The first kappa shape index (κ1) is 21.0. The fourth-order valence-corrected chi connectivity index (χ4v) is 6.07. The second-order valence-corrected chi connectivity index (χ2v) is 9.78. The number of carbonyl (C=O) groups is 3. The molecule has 2 aromatic carbocycles. The molecule has 1 aromatic heterocycles. The molecule has 2 aliphatic heterocycles. The van der Waals surface area contributed by atoms with Crippen molar-refractivity contribution in [3.05, 3.63) is 70.9 Å². The molecule has 2 N–H and O–H groups in total. The lowest BCUT2D eigenvalue weighted by Gasteiger charge is -2.36. The van der Waals surface area contributed by atoms with E-state index in [1.165, 1.54) is 5.56 Å². The Morgan fingerprint density at radius 1 is 1.12 bits per heavy atom. The van der Waals surface area contributed by atoms with Gasteiger partial charge in [-0.15, -0.1) is 0 Å². The number of nitrogens with one attached hydrogen (secondary N) is 2. The first-order chi connectivity index (χ1) is 16.4. The maximum Gasteiger partial charge on any atom is 0.328 e. The highest BCUT2D eigenvalue weighted by Crippen LogP contribution is 2.44. The van der Waals surface area contributed by atoms with Crippen LogP contribution in [0.1, 0.15) is 55.1 Å². The quantitative estimate of drug-likeness (QED) is 0.588. The summed E-state index contributed by atoms with van der Waals surface area (Å²) in [4.78, 5) is 46.8.